The van der Waals surface area contributed by atoms with Crippen LogP contribution >= 0.6 is 0 Å². The van der Waals surface area contributed by atoms with Crippen molar-refractivity contribution in [2.24, 2.45) is 7.05 Å². The van der Waals surface area contributed by atoms with Crippen LogP contribution in [-0.4, -0.2) is 26.6 Å². The monoisotopic (exact) mass is 164 g/mol. The highest BCUT2D eigenvalue weighted by molar-refractivity contribution is 5.46. The van der Waals surface area contributed by atoms with Crippen LogP contribution in [0.3, 0.4) is 0 Å². The molecule has 0 amide bonds. The van der Waals surface area contributed by atoms with Crippen LogP contribution in [0.4, 0.5) is 0 Å². The molecular weight excluding hydrogens is 156 g/mol. The first-order valence-electron chi connectivity index (χ1n) is 3.50. The maximum atomic E-state index is 4.88. The summed E-state index contributed by atoms with van der Waals surface area (Å²) in [5, 5.41) is 0. The second kappa shape index (κ2) is 2.44. The largest absolute Gasteiger partial charge is 0.467 e. The Morgan fingerprint density at radius 1 is 1.42 bits per heavy atom. The Hall–Kier alpha value is -1.65. The van der Waals surface area contributed by atoms with Gasteiger partial charge >= 0.3 is 6.01 Å². The summed E-state index contributed by atoms with van der Waals surface area (Å²) in [7, 11) is 3.42. The summed E-state index contributed by atoms with van der Waals surface area (Å²) in [6.45, 7) is 0. The SMILES string of the molecule is COc1nc2nccn(C)c-2n1. The molecule has 0 spiro atoms. The lowest BCUT2D eigenvalue weighted by Gasteiger charge is -1.99. The van der Waals surface area contributed by atoms with Crippen molar-refractivity contribution in [2.75, 3.05) is 7.11 Å². The smallest absolute Gasteiger partial charge is 0.320 e. The summed E-state index contributed by atoms with van der Waals surface area (Å²) in [6, 6.07) is 0.360. The van der Waals surface area contributed by atoms with E-state index in [0.29, 0.717) is 11.8 Å². The van der Waals surface area contributed by atoms with Gasteiger partial charge in [-0.25, -0.2) is 4.98 Å². The summed E-state index contributed by atoms with van der Waals surface area (Å²) in [6.07, 6.45) is 3.49. The van der Waals surface area contributed by atoms with E-state index in [2.05, 4.69) is 15.0 Å². The number of imidazole rings is 1. The summed E-state index contributed by atoms with van der Waals surface area (Å²) in [4.78, 5) is 12.2. The molecule has 2 aliphatic heterocycles. The number of hydrogen-bond acceptors (Lipinski definition) is 4. The van der Waals surface area contributed by atoms with Crippen molar-refractivity contribution in [1.29, 1.82) is 0 Å². The third kappa shape index (κ3) is 0.903. The van der Waals surface area contributed by atoms with Crippen molar-refractivity contribution in [3.63, 3.8) is 0 Å². The summed E-state index contributed by atoms with van der Waals surface area (Å²) in [5.41, 5.74) is 0. The standard InChI is InChI=1S/C7H8N4O/c1-11-4-3-8-5-6(11)10-7(9-5)12-2/h3-4H,1-2H3. The van der Waals surface area contributed by atoms with E-state index in [0.717, 1.165) is 5.82 Å². The van der Waals surface area contributed by atoms with Gasteiger partial charge in [0.25, 0.3) is 0 Å². The quantitative estimate of drug-likeness (QED) is 0.609. The molecule has 0 atom stereocenters. The van der Waals surface area contributed by atoms with E-state index in [9.17, 15) is 0 Å². The molecule has 2 heterocycles. The molecule has 0 saturated heterocycles. The Kier molecular flexibility index (Phi) is 1.43. The van der Waals surface area contributed by atoms with E-state index in [1.54, 1.807) is 6.20 Å². The third-order valence-electron chi connectivity index (χ3n) is 1.61. The molecule has 12 heavy (non-hydrogen) atoms. The molecule has 5 heteroatoms. The van der Waals surface area contributed by atoms with Crippen molar-refractivity contribution < 1.29 is 4.74 Å². The number of nitrogens with zero attached hydrogens (tertiary/aromatic N) is 4. The molecular formula is C7H8N4O. The molecule has 62 valence electrons. The number of fused-ring (bicyclic) bond motifs is 1. The fourth-order valence-electron chi connectivity index (χ4n) is 0.995. The zero-order valence-electron chi connectivity index (χ0n) is 6.85. The highest BCUT2D eigenvalue weighted by Gasteiger charge is 2.13. The van der Waals surface area contributed by atoms with Gasteiger partial charge in [0.2, 0.25) is 5.82 Å². The van der Waals surface area contributed by atoms with Gasteiger partial charge in [-0.05, 0) is 0 Å². The van der Waals surface area contributed by atoms with Crippen molar-refractivity contribution in [3.8, 4) is 17.7 Å². The van der Waals surface area contributed by atoms with Gasteiger partial charge in [0.15, 0.2) is 5.82 Å². The van der Waals surface area contributed by atoms with Crippen molar-refractivity contribution in [2.45, 2.75) is 0 Å². The predicted molar refractivity (Wildman–Crippen MR) is 42.0 cm³/mol. The van der Waals surface area contributed by atoms with Gasteiger partial charge in [-0.15, -0.1) is 0 Å². The molecule has 0 aromatic rings. The van der Waals surface area contributed by atoms with Crippen LogP contribution in [0, 0.1) is 0 Å². The first kappa shape index (κ1) is 7.02. The predicted octanol–water partition coefficient (Wildman–Crippen LogP) is 0.323. The minimum absolute atomic E-state index is 0.360. The Labute approximate surface area is 69.4 Å². The first-order chi connectivity index (χ1) is 5.81. The number of methoxy groups -OCH3 is 1. The van der Waals surface area contributed by atoms with Gasteiger partial charge in [-0.3, -0.25) is 0 Å². The van der Waals surface area contributed by atoms with Crippen molar-refractivity contribution in [1.82, 2.24) is 19.5 Å². The lowest BCUT2D eigenvalue weighted by molar-refractivity contribution is 0.385. The van der Waals surface area contributed by atoms with Gasteiger partial charge in [0, 0.05) is 19.4 Å². The molecule has 0 radical (unpaired) electrons. The first-order valence-corrected chi connectivity index (χ1v) is 3.50. The molecule has 2 rings (SSSR count). The summed E-state index contributed by atoms with van der Waals surface area (Å²) < 4.78 is 6.72. The molecule has 0 unspecified atom stereocenters. The second-order valence-corrected chi connectivity index (χ2v) is 2.40. The van der Waals surface area contributed by atoms with Crippen LogP contribution in [0.1, 0.15) is 0 Å². The highest BCUT2D eigenvalue weighted by Crippen LogP contribution is 2.17. The Balaban J connectivity index is 2.66. The van der Waals surface area contributed by atoms with Gasteiger partial charge in [0.1, 0.15) is 0 Å². The summed E-state index contributed by atoms with van der Waals surface area (Å²) in [5.74, 6) is 1.34. The Bertz CT molecular complexity index is 370. The molecule has 5 nitrogen and oxygen atoms in total. The number of hydrogen-bond donors (Lipinski definition) is 0. The number of rotatable bonds is 1. The molecule has 0 aliphatic carbocycles. The minimum atomic E-state index is 0.360. The Morgan fingerprint density at radius 3 is 2.92 bits per heavy atom. The van der Waals surface area contributed by atoms with E-state index in [-0.39, 0.29) is 0 Å². The third-order valence-corrected chi connectivity index (χ3v) is 1.61. The topological polar surface area (TPSA) is 52.8 Å². The van der Waals surface area contributed by atoms with Crippen LogP contribution in [0.2, 0.25) is 0 Å². The molecule has 0 aromatic heterocycles. The normalized spacial score (nSPS) is 10.5. The average molecular weight is 164 g/mol. The lowest BCUT2D eigenvalue weighted by Crippen LogP contribution is -1.98. The van der Waals surface area contributed by atoms with Crippen LogP contribution < -0.4 is 4.74 Å². The van der Waals surface area contributed by atoms with E-state index >= 15 is 0 Å². The number of ether oxygens (including phenoxy) is 1. The molecule has 0 aromatic carbocycles. The lowest BCUT2D eigenvalue weighted by atomic mass is 10.5. The van der Waals surface area contributed by atoms with E-state index in [1.165, 1.54) is 7.11 Å². The number of aryl methyl sites for hydroxylation is 1. The minimum Gasteiger partial charge on any atom is -0.467 e. The molecule has 2 aliphatic rings. The Morgan fingerprint density at radius 2 is 2.25 bits per heavy atom. The fourth-order valence-corrected chi connectivity index (χ4v) is 0.995. The van der Waals surface area contributed by atoms with Crippen LogP contribution in [0.15, 0.2) is 12.4 Å². The zero-order valence-corrected chi connectivity index (χ0v) is 6.85. The fraction of sp³-hybridized carbons (Fsp3) is 0.286. The second-order valence-electron chi connectivity index (χ2n) is 2.40. The highest BCUT2D eigenvalue weighted by atomic mass is 16.5. The molecule has 0 saturated carbocycles. The molecule has 0 N–H and O–H groups in total. The van der Waals surface area contributed by atoms with Crippen LogP contribution in [0.5, 0.6) is 6.01 Å². The maximum absolute atomic E-state index is 4.88. The van der Waals surface area contributed by atoms with Gasteiger partial charge in [-0.1, -0.05) is 0 Å². The summed E-state index contributed by atoms with van der Waals surface area (Å²) >= 11 is 0. The van der Waals surface area contributed by atoms with Crippen molar-refractivity contribution >= 4 is 0 Å². The van der Waals surface area contributed by atoms with Gasteiger partial charge in [-0.2, -0.15) is 9.97 Å². The average Bonchev–Trinajstić information content (AvgIpc) is 2.49. The number of aromatic nitrogens is 4. The molecule has 0 bridgehead atoms. The van der Waals surface area contributed by atoms with E-state index in [4.69, 9.17) is 4.74 Å². The zero-order chi connectivity index (χ0) is 8.55. The van der Waals surface area contributed by atoms with Crippen LogP contribution in [0.25, 0.3) is 11.6 Å². The van der Waals surface area contributed by atoms with E-state index < -0.39 is 0 Å². The molecule has 0 fully saturated rings. The van der Waals surface area contributed by atoms with Gasteiger partial charge < -0.3 is 9.30 Å². The van der Waals surface area contributed by atoms with Crippen LogP contribution in [-0.2, 0) is 7.05 Å². The van der Waals surface area contributed by atoms with Crippen molar-refractivity contribution in [3.05, 3.63) is 12.4 Å². The van der Waals surface area contributed by atoms with Gasteiger partial charge in [0.05, 0.1) is 7.11 Å². The van der Waals surface area contributed by atoms with E-state index in [1.807, 2.05) is 17.8 Å². The maximum Gasteiger partial charge on any atom is 0.320 e.